The minimum atomic E-state index is -0.504. The van der Waals surface area contributed by atoms with Gasteiger partial charge < -0.3 is 20.3 Å². The smallest absolute Gasteiger partial charge is 0.123 e. The number of rotatable bonds is 5. The molecule has 0 saturated heterocycles. The fourth-order valence-corrected chi connectivity index (χ4v) is 2.01. The highest BCUT2D eigenvalue weighted by Gasteiger charge is 2.35. The second kappa shape index (κ2) is 4.94. The summed E-state index contributed by atoms with van der Waals surface area (Å²) >= 11 is 0. The lowest BCUT2D eigenvalue weighted by atomic mass is 9.98. The van der Waals surface area contributed by atoms with E-state index in [9.17, 15) is 5.11 Å². The summed E-state index contributed by atoms with van der Waals surface area (Å²) in [6.45, 7) is 0. The van der Waals surface area contributed by atoms with Crippen molar-refractivity contribution in [3.8, 4) is 11.5 Å². The number of aliphatic hydroxyl groups excluding tert-OH is 1. The van der Waals surface area contributed by atoms with Gasteiger partial charge in [-0.25, -0.2) is 0 Å². The molecule has 1 aliphatic carbocycles. The summed E-state index contributed by atoms with van der Waals surface area (Å²) in [6.07, 6.45) is 1.61. The number of nitrogens with two attached hydrogens (primary N) is 1. The lowest BCUT2D eigenvalue weighted by molar-refractivity contribution is 0.121. The van der Waals surface area contributed by atoms with Crippen LogP contribution in [-0.4, -0.2) is 25.4 Å². The van der Waals surface area contributed by atoms with Gasteiger partial charge in [-0.15, -0.1) is 0 Å². The third kappa shape index (κ3) is 2.53. The summed E-state index contributed by atoms with van der Waals surface area (Å²) in [6, 6.07) is 5.04. The molecule has 0 heterocycles. The van der Waals surface area contributed by atoms with E-state index in [1.165, 1.54) is 0 Å². The molecule has 4 heteroatoms. The van der Waals surface area contributed by atoms with Gasteiger partial charge in [0.2, 0.25) is 0 Å². The van der Waals surface area contributed by atoms with Crippen molar-refractivity contribution in [1.82, 2.24) is 0 Å². The van der Waals surface area contributed by atoms with Gasteiger partial charge in [-0.05, 0) is 37.0 Å². The van der Waals surface area contributed by atoms with Crippen LogP contribution in [0.2, 0.25) is 0 Å². The van der Waals surface area contributed by atoms with Gasteiger partial charge >= 0.3 is 0 Å². The van der Waals surface area contributed by atoms with Crippen molar-refractivity contribution in [3.05, 3.63) is 23.8 Å². The summed E-state index contributed by atoms with van der Waals surface area (Å²) in [5.74, 6) is 1.75. The standard InChI is InChI=1S/C13H19NO3/c1-16-9-5-6-11(17-2)10(7-9)12(14)13(15)8-3-4-8/h5-8,12-13,15H,3-4,14H2,1-2H3/t12-,13+/m0/s1. The van der Waals surface area contributed by atoms with Gasteiger partial charge in [0.15, 0.2) is 0 Å². The molecule has 0 aliphatic heterocycles. The first-order valence-corrected chi connectivity index (χ1v) is 5.83. The predicted octanol–water partition coefficient (Wildman–Crippen LogP) is 1.47. The van der Waals surface area contributed by atoms with Crippen LogP contribution in [0.1, 0.15) is 24.4 Å². The molecule has 1 aromatic rings. The van der Waals surface area contributed by atoms with Crippen molar-refractivity contribution < 1.29 is 14.6 Å². The molecule has 0 radical (unpaired) electrons. The first-order chi connectivity index (χ1) is 8.17. The summed E-state index contributed by atoms with van der Waals surface area (Å²) in [4.78, 5) is 0. The van der Waals surface area contributed by atoms with Crippen molar-refractivity contribution in [2.75, 3.05) is 14.2 Å². The Morgan fingerprint density at radius 1 is 1.29 bits per heavy atom. The SMILES string of the molecule is COc1ccc(OC)c([C@H](N)[C@H](O)C2CC2)c1. The molecule has 0 bridgehead atoms. The predicted molar refractivity (Wildman–Crippen MR) is 65.2 cm³/mol. The molecule has 0 spiro atoms. The second-order valence-electron chi connectivity index (χ2n) is 4.46. The van der Waals surface area contributed by atoms with Crippen molar-refractivity contribution in [3.63, 3.8) is 0 Å². The highest BCUT2D eigenvalue weighted by molar-refractivity contribution is 5.42. The topological polar surface area (TPSA) is 64.7 Å². The summed E-state index contributed by atoms with van der Waals surface area (Å²) in [7, 11) is 3.20. The first kappa shape index (κ1) is 12.2. The van der Waals surface area contributed by atoms with Gasteiger partial charge in [-0.3, -0.25) is 0 Å². The van der Waals surface area contributed by atoms with Gasteiger partial charge in [-0.1, -0.05) is 0 Å². The molecule has 0 unspecified atom stereocenters. The van der Waals surface area contributed by atoms with Crippen LogP contribution in [0.4, 0.5) is 0 Å². The van der Waals surface area contributed by atoms with Crippen LogP contribution in [0.15, 0.2) is 18.2 Å². The zero-order chi connectivity index (χ0) is 12.4. The van der Waals surface area contributed by atoms with E-state index >= 15 is 0 Å². The Morgan fingerprint density at radius 2 is 2.00 bits per heavy atom. The average molecular weight is 237 g/mol. The molecule has 3 N–H and O–H groups in total. The highest BCUT2D eigenvalue weighted by Crippen LogP contribution is 2.39. The van der Waals surface area contributed by atoms with Crippen LogP contribution in [-0.2, 0) is 0 Å². The van der Waals surface area contributed by atoms with E-state index in [-0.39, 0.29) is 0 Å². The largest absolute Gasteiger partial charge is 0.497 e. The molecule has 94 valence electrons. The lowest BCUT2D eigenvalue weighted by Crippen LogP contribution is -2.28. The average Bonchev–Trinajstić information content (AvgIpc) is 3.20. The number of hydrogen-bond acceptors (Lipinski definition) is 4. The monoisotopic (exact) mass is 237 g/mol. The minimum Gasteiger partial charge on any atom is -0.497 e. The maximum Gasteiger partial charge on any atom is 0.123 e. The lowest BCUT2D eigenvalue weighted by Gasteiger charge is -2.21. The molecule has 1 fully saturated rings. The summed E-state index contributed by atoms with van der Waals surface area (Å²) in [5, 5.41) is 10.1. The Bertz CT molecular complexity index is 390. The van der Waals surface area contributed by atoms with Crippen LogP contribution in [0.3, 0.4) is 0 Å². The molecular formula is C13H19NO3. The molecule has 1 aromatic carbocycles. The van der Waals surface area contributed by atoms with Gasteiger partial charge in [0.05, 0.1) is 26.4 Å². The van der Waals surface area contributed by atoms with E-state index < -0.39 is 12.1 Å². The molecule has 0 aromatic heterocycles. The number of hydrogen-bond donors (Lipinski definition) is 2. The van der Waals surface area contributed by atoms with Gasteiger partial charge in [0.1, 0.15) is 11.5 Å². The van der Waals surface area contributed by atoms with Gasteiger partial charge in [0.25, 0.3) is 0 Å². The fraction of sp³-hybridized carbons (Fsp3) is 0.538. The molecule has 1 aliphatic rings. The quantitative estimate of drug-likeness (QED) is 0.814. The van der Waals surface area contributed by atoms with E-state index in [1.54, 1.807) is 14.2 Å². The first-order valence-electron chi connectivity index (χ1n) is 5.83. The van der Waals surface area contributed by atoms with E-state index in [0.717, 1.165) is 24.2 Å². The molecule has 4 nitrogen and oxygen atoms in total. The number of aliphatic hydroxyl groups is 1. The zero-order valence-electron chi connectivity index (χ0n) is 10.2. The third-order valence-corrected chi connectivity index (χ3v) is 3.27. The van der Waals surface area contributed by atoms with Crippen molar-refractivity contribution in [2.45, 2.75) is 25.0 Å². The minimum absolute atomic E-state index is 0.334. The molecule has 1 saturated carbocycles. The van der Waals surface area contributed by atoms with E-state index in [2.05, 4.69) is 0 Å². The fourth-order valence-electron chi connectivity index (χ4n) is 2.01. The Hall–Kier alpha value is -1.26. The Balaban J connectivity index is 2.27. The van der Waals surface area contributed by atoms with E-state index in [4.69, 9.17) is 15.2 Å². The third-order valence-electron chi connectivity index (χ3n) is 3.27. The van der Waals surface area contributed by atoms with E-state index in [0.29, 0.717) is 11.7 Å². The Kier molecular flexibility index (Phi) is 3.54. The second-order valence-corrected chi connectivity index (χ2v) is 4.46. The normalized spacial score (nSPS) is 18.6. The maximum absolute atomic E-state index is 10.1. The summed E-state index contributed by atoms with van der Waals surface area (Å²) < 4.78 is 10.4. The van der Waals surface area contributed by atoms with Crippen LogP contribution >= 0.6 is 0 Å². The Morgan fingerprint density at radius 3 is 2.53 bits per heavy atom. The van der Waals surface area contributed by atoms with Crippen LogP contribution in [0, 0.1) is 5.92 Å². The van der Waals surface area contributed by atoms with Crippen molar-refractivity contribution in [2.24, 2.45) is 11.7 Å². The zero-order valence-corrected chi connectivity index (χ0v) is 10.2. The van der Waals surface area contributed by atoms with E-state index in [1.807, 2.05) is 18.2 Å². The molecule has 2 atom stereocenters. The number of ether oxygens (including phenoxy) is 2. The number of methoxy groups -OCH3 is 2. The number of benzene rings is 1. The Labute approximate surface area is 101 Å². The molecule has 2 rings (SSSR count). The highest BCUT2D eigenvalue weighted by atomic mass is 16.5. The molecule has 17 heavy (non-hydrogen) atoms. The maximum atomic E-state index is 10.1. The van der Waals surface area contributed by atoms with Crippen molar-refractivity contribution in [1.29, 1.82) is 0 Å². The van der Waals surface area contributed by atoms with Crippen LogP contribution < -0.4 is 15.2 Å². The van der Waals surface area contributed by atoms with Crippen LogP contribution in [0.25, 0.3) is 0 Å². The molecule has 0 amide bonds. The van der Waals surface area contributed by atoms with Gasteiger partial charge in [0, 0.05) is 5.56 Å². The van der Waals surface area contributed by atoms with Gasteiger partial charge in [-0.2, -0.15) is 0 Å². The molecular weight excluding hydrogens is 218 g/mol. The summed E-state index contributed by atoms with van der Waals surface area (Å²) in [5.41, 5.74) is 6.89. The van der Waals surface area contributed by atoms with Crippen molar-refractivity contribution >= 4 is 0 Å². The van der Waals surface area contributed by atoms with Crippen LogP contribution in [0.5, 0.6) is 11.5 Å².